The third kappa shape index (κ3) is 3.19. The molecule has 1 N–H and O–H groups in total. The van der Waals surface area contributed by atoms with Crippen molar-refractivity contribution in [2.45, 2.75) is 46.3 Å². The zero-order valence-electron chi connectivity index (χ0n) is 14.3. The van der Waals surface area contributed by atoms with Crippen molar-refractivity contribution in [3.8, 4) is 0 Å². The average Bonchev–Trinajstić information content (AvgIpc) is 3.00. The van der Waals surface area contributed by atoms with Crippen LogP contribution in [-0.2, 0) is 24.3 Å². The van der Waals surface area contributed by atoms with Gasteiger partial charge in [0, 0.05) is 42.5 Å². The number of nitrogens with zero attached hydrogens (tertiary/aromatic N) is 3. The standard InChI is InChI=1S/C18H23ClN4O/c1-4-22-11-20-16-10-23(9-8-17(16)22)13(3)18(24)21-15-7-5-6-14(19)12(15)2/h5-7,11,13H,4,8-10H2,1-3H3,(H,21,24). The van der Waals surface area contributed by atoms with Crippen LogP contribution in [0.3, 0.4) is 0 Å². The van der Waals surface area contributed by atoms with E-state index in [2.05, 4.69) is 26.7 Å². The van der Waals surface area contributed by atoms with Crippen LogP contribution < -0.4 is 5.32 Å². The Labute approximate surface area is 147 Å². The number of hydrogen-bond acceptors (Lipinski definition) is 3. The van der Waals surface area contributed by atoms with Crippen molar-refractivity contribution in [2.75, 3.05) is 11.9 Å². The van der Waals surface area contributed by atoms with E-state index in [0.717, 1.165) is 36.5 Å². The molecule has 0 saturated carbocycles. The van der Waals surface area contributed by atoms with E-state index in [9.17, 15) is 4.79 Å². The summed E-state index contributed by atoms with van der Waals surface area (Å²) in [5.74, 6) is -0.0151. The highest BCUT2D eigenvalue weighted by atomic mass is 35.5. The van der Waals surface area contributed by atoms with Gasteiger partial charge in [0.1, 0.15) is 0 Å². The second kappa shape index (κ2) is 6.95. The smallest absolute Gasteiger partial charge is 0.241 e. The van der Waals surface area contributed by atoms with E-state index in [-0.39, 0.29) is 11.9 Å². The van der Waals surface area contributed by atoms with Crippen LogP contribution in [0.15, 0.2) is 24.5 Å². The summed E-state index contributed by atoms with van der Waals surface area (Å²) in [6, 6.07) is 5.33. The van der Waals surface area contributed by atoms with Gasteiger partial charge in [-0.2, -0.15) is 0 Å². The van der Waals surface area contributed by atoms with Crippen molar-refractivity contribution in [1.82, 2.24) is 14.5 Å². The summed E-state index contributed by atoms with van der Waals surface area (Å²) in [4.78, 5) is 19.3. The van der Waals surface area contributed by atoms with Crippen LogP contribution >= 0.6 is 11.6 Å². The van der Waals surface area contributed by atoms with Gasteiger partial charge in [0.2, 0.25) is 5.91 Å². The number of halogens is 1. The van der Waals surface area contributed by atoms with Crippen molar-refractivity contribution >= 4 is 23.2 Å². The Bertz CT molecular complexity index is 755. The minimum Gasteiger partial charge on any atom is -0.334 e. The molecule has 0 fully saturated rings. The Morgan fingerprint density at radius 3 is 3.00 bits per heavy atom. The van der Waals surface area contributed by atoms with Crippen molar-refractivity contribution in [1.29, 1.82) is 0 Å². The lowest BCUT2D eigenvalue weighted by molar-refractivity contribution is -0.121. The summed E-state index contributed by atoms with van der Waals surface area (Å²) < 4.78 is 2.19. The van der Waals surface area contributed by atoms with Crippen LogP contribution in [0.5, 0.6) is 0 Å². The van der Waals surface area contributed by atoms with Gasteiger partial charge in [0.05, 0.1) is 18.1 Å². The molecule has 6 heteroatoms. The highest BCUT2D eigenvalue weighted by molar-refractivity contribution is 6.31. The third-order valence-electron chi connectivity index (χ3n) is 4.81. The van der Waals surface area contributed by atoms with Crippen molar-refractivity contribution in [3.05, 3.63) is 46.5 Å². The van der Waals surface area contributed by atoms with E-state index in [1.165, 1.54) is 5.69 Å². The molecule has 1 unspecified atom stereocenters. The minimum atomic E-state index is -0.219. The first kappa shape index (κ1) is 17.0. The predicted octanol–water partition coefficient (Wildman–Crippen LogP) is 3.25. The molecule has 1 aliphatic heterocycles. The Morgan fingerprint density at radius 2 is 2.25 bits per heavy atom. The molecule has 2 heterocycles. The second-order valence-electron chi connectivity index (χ2n) is 6.22. The van der Waals surface area contributed by atoms with Gasteiger partial charge in [-0.1, -0.05) is 17.7 Å². The molecule has 0 saturated heterocycles. The van der Waals surface area contributed by atoms with Crippen LogP contribution in [0.4, 0.5) is 5.69 Å². The molecule has 0 spiro atoms. The molecule has 128 valence electrons. The molecule has 0 radical (unpaired) electrons. The summed E-state index contributed by atoms with van der Waals surface area (Å²) in [6.45, 7) is 8.49. The lowest BCUT2D eigenvalue weighted by Crippen LogP contribution is -2.44. The van der Waals surface area contributed by atoms with Crippen LogP contribution in [0, 0.1) is 6.92 Å². The summed E-state index contributed by atoms with van der Waals surface area (Å²) >= 11 is 6.13. The van der Waals surface area contributed by atoms with Crippen molar-refractivity contribution in [3.63, 3.8) is 0 Å². The molecular weight excluding hydrogens is 324 g/mol. The van der Waals surface area contributed by atoms with Crippen LogP contribution in [0.2, 0.25) is 5.02 Å². The minimum absolute atomic E-state index is 0.0151. The molecule has 1 atom stereocenters. The van der Waals surface area contributed by atoms with Crippen molar-refractivity contribution < 1.29 is 4.79 Å². The number of aryl methyl sites for hydroxylation is 1. The zero-order chi connectivity index (χ0) is 17.3. The molecule has 3 rings (SSSR count). The maximum Gasteiger partial charge on any atom is 0.241 e. The maximum atomic E-state index is 12.6. The quantitative estimate of drug-likeness (QED) is 0.924. The zero-order valence-corrected chi connectivity index (χ0v) is 15.1. The number of benzene rings is 1. The number of hydrogen-bond donors (Lipinski definition) is 1. The number of amides is 1. The number of nitrogens with one attached hydrogen (secondary N) is 1. The van der Waals surface area contributed by atoms with Crippen LogP contribution in [0.1, 0.15) is 30.8 Å². The van der Waals surface area contributed by atoms with E-state index in [1.807, 2.05) is 38.4 Å². The largest absolute Gasteiger partial charge is 0.334 e. The van der Waals surface area contributed by atoms with Crippen LogP contribution in [-0.4, -0.2) is 32.9 Å². The SMILES string of the molecule is CCn1cnc2c1CCN(C(C)C(=O)Nc1cccc(Cl)c1C)C2. The topological polar surface area (TPSA) is 50.2 Å². The molecule has 0 bridgehead atoms. The summed E-state index contributed by atoms with van der Waals surface area (Å²) in [6.07, 6.45) is 2.82. The van der Waals surface area contributed by atoms with Gasteiger partial charge < -0.3 is 9.88 Å². The summed E-state index contributed by atoms with van der Waals surface area (Å²) in [5.41, 5.74) is 4.04. The molecule has 24 heavy (non-hydrogen) atoms. The number of anilines is 1. The maximum absolute atomic E-state index is 12.6. The Morgan fingerprint density at radius 1 is 1.46 bits per heavy atom. The predicted molar refractivity (Wildman–Crippen MR) is 96.3 cm³/mol. The fraction of sp³-hybridized carbons (Fsp3) is 0.444. The second-order valence-corrected chi connectivity index (χ2v) is 6.63. The van der Waals surface area contributed by atoms with Gasteiger partial charge in [-0.05, 0) is 38.5 Å². The van der Waals surface area contributed by atoms with Gasteiger partial charge in [-0.15, -0.1) is 0 Å². The van der Waals surface area contributed by atoms with E-state index in [4.69, 9.17) is 11.6 Å². The number of carbonyl (C=O) groups is 1. The fourth-order valence-corrected chi connectivity index (χ4v) is 3.31. The first-order chi connectivity index (χ1) is 11.5. The first-order valence-electron chi connectivity index (χ1n) is 8.34. The van der Waals surface area contributed by atoms with Gasteiger partial charge in [0.15, 0.2) is 0 Å². The molecule has 1 aromatic carbocycles. The summed E-state index contributed by atoms with van der Waals surface area (Å²) in [5, 5.41) is 3.66. The van der Waals surface area contributed by atoms with Gasteiger partial charge in [0.25, 0.3) is 0 Å². The van der Waals surface area contributed by atoms with E-state index in [0.29, 0.717) is 11.6 Å². The lowest BCUT2D eigenvalue weighted by Gasteiger charge is -2.31. The van der Waals surface area contributed by atoms with Gasteiger partial charge in [-0.3, -0.25) is 9.69 Å². The monoisotopic (exact) mass is 346 g/mol. The van der Waals surface area contributed by atoms with Crippen LogP contribution in [0.25, 0.3) is 0 Å². The number of aromatic nitrogens is 2. The van der Waals surface area contributed by atoms with Gasteiger partial charge in [-0.25, -0.2) is 4.98 Å². The van der Waals surface area contributed by atoms with Crippen molar-refractivity contribution in [2.24, 2.45) is 0 Å². The molecule has 1 amide bonds. The molecule has 1 aromatic heterocycles. The Hall–Kier alpha value is -1.85. The first-order valence-corrected chi connectivity index (χ1v) is 8.72. The molecule has 1 aliphatic rings. The summed E-state index contributed by atoms with van der Waals surface area (Å²) in [7, 11) is 0. The van der Waals surface area contributed by atoms with E-state index in [1.54, 1.807) is 0 Å². The fourth-order valence-electron chi connectivity index (χ4n) is 3.14. The molecular formula is C18H23ClN4O. The molecule has 5 nitrogen and oxygen atoms in total. The van der Waals surface area contributed by atoms with E-state index < -0.39 is 0 Å². The Kier molecular flexibility index (Phi) is 4.92. The highest BCUT2D eigenvalue weighted by Crippen LogP contribution is 2.24. The Balaban J connectivity index is 1.69. The molecule has 2 aromatic rings. The number of imidazole rings is 1. The average molecular weight is 347 g/mol. The number of rotatable bonds is 4. The number of fused-ring (bicyclic) bond motifs is 1. The molecule has 0 aliphatic carbocycles. The highest BCUT2D eigenvalue weighted by Gasteiger charge is 2.27. The van der Waals surface area contributed by atoms with E-state index >= 15 is 0 Å². The third-order valence-corrected chi connectivity index (χ3v) is 5.22. The number of carbonyl (C=O) groups excluding carboxylic acids is 1. The van der Waals surface area contributed by atoms with Gasteiger partial charge >= 0.3 is 0 Å². The normalized spacial score (nSPS) is 15.8. The lowest BCUT2D eigenvalue weighted by atomic mass is 10.1.